The summed E-state index contributed by atoms with van der Waals surface area (Å²) in [7, 11) is 0. The smallest absolute Gasteiger partial charge is 0.249 e. The van der Waals surface area contributed by atoms with E-state index >= 15 is 0 Å². The summed E-state index contributed by atoms with van der Waals surface area (Å²) in [6.07, 6.45) is 2.58. The Morgan fingerprint density at radius 1 is 0.958 bits per heavy atom. The Kier molecular flexibility index (Phi) is 4.70. The van der Waals surface area contributed by atoms with Crippen LogP contribution in [0, 0.1) is 13.8 Å². The second-order valence-corrected chi connectivity index (χ2v) is 5.72. The molecule has 122 valence electrons. The van der Waals surface area contributed by atoms with Crippen molar-refractivity contribution in [3.8, 4) is 0 Å². The van der Waals surface area contributed by atoms with Crippen LogP contribution in [0.4, 0.5) is 23.1 Å². The van der Waals surface area contributed by atoms with Crippen molar-refractivity contribution in [1.29, 1.82) is 0 Å². The highest BCUT2D eigenvalue weighted by atomic mass is 15.3. The van der Waals surface area contributed by atoms with Crippen molar-refractivity contribution < 1.29 is 0 Å². The first kappa shape index (κ1) is 15.9. The highest BCUT2D eigenvalue weighted by Crippen LogP contribution is 2.21. The number of aryl methyl sites for hydroxylation is 3. The Bertz CT molecular complexity index is 845. The lowest BCUT2D eigenvalue weighted by Crippen LogP contribution is -2.03. The maximum Gasteiger partial charge on any atom is 0.249 e. The van der Waals surface area contributed by atoms with Crippen molar-refractivity contribution in [3.05, 3.63) is 65.4 Å². The lowest BCUT2D eigenvalue weighted by atomic mass is 10.1. The van der Waals surface area contributed by atoms with Crippen LogP contribution in [0.5, 0.6) is 0 Å². The molecule has 5 nitrogen and oxygen atoms in total. The molecule has 0 fully saturated rings. The minimum atomic E-state index is 0.470. The first-order valence-corrected chi connectivity index (χ1v) is 8.04. The molecule has 2 aromatic carbocycles. The summed E-state index contributed by atoms with van der Waals surface area (Å²) in [5.74, 6) is 1.13. The van der Waals surface area contributed by atoms with E-state index in [0.29, 0.717) is 11.8 Å². The quantitative estimate of drug-likeness (QED) is 0.723. The maximum absolute atomic E-state index is 4.49. The first-order valence-electron chi connectivity index (χ1n) is 8.04. The van der Waals surface area contributed by atoms with Gasteiger partial charge in [0.15, 0.2) is 5.82 Å². The SMILES string of the molecule is CCc1ccccc1Nc1cnnc(Nc2ccc(C)c(C)c2)n1. The van der Waals surface area contributed by atoms with Gasteiger partial charge in [0.1, 0.15) is 0 Å². The fourth-order valence-electron chi connectivity index (χ4n) is 2.45. The van der Waals surface area contributed by atoms with Crippen LogP contribution in [-0.4, -0.2) is 15.2 Å². The van der Waals surface area contributed by atoms with Gasteiger partial charge < -0.3 is 10.6 Å². The van der Waals surface area contributed by atoms with Crippen molar-refractivity contribution in [2.75, 3.05) is 10.6 Å². The van der Waals surface area contributed by atoms with Gasteiger partial charge in [0, 0.05) is 11.4 Å². The molecular weight excluding hydrogens is 298 g/mol. The van der Waals surface area contributed by atoms with Gasteiger partial charge in [-0.05, 0) is 55.2 Å². The van der Waals surface area contributed by atoms with Gasteiger partial charge in [0.05, 0.1) is 6.20 Å². The molecule has 0 saturated carbocycles. The molecule has 0 amide bonds. The molecule has 3 aromatic rings. The zero-order chi connectivity index (χ0) is 16.9. The molecule has 0 radical (unpaired) electrons. The molecule has 0 atom stereocenters. The third-order valence-electron chi connectivity index (χ3n) is 3.98. The Hall–Kier alpha value is -2.95. The number of hydrogen-bond acceptors (Lipinski definition) is 5. The van der Waals surface area contributed by atoms with Crippen LogP contribution >= 0.6 is 0 Å². The van der Waals surface area contributed by atoms with Crippen molar-refractivity contribution in [2.45, 2.75) is 27.2 Å². The van der Waals surface area contributed by atoms with E-state index in [1.807, 2.05) is 24.3 Å². The summed E-state index contributed by atoms with van der Waals surface area (Å²) in [6.45, 7) is 6.30. The zero-order valence-corrected chi connectivity index (χ0v) is 14.2. The molecule has 0 unspecified atom stereocenters. The van der Waals surface area contributed by atoms with Crippen molar-refractivity contribution in [2.24, 2.45) is 0 Å². The summed E-state index contributed by atoms with van der Waals surface area (Å²) in [5, 5.41) is 14.6. The number of nitrogens with zero attached hydrogens (tertiary/aromatic N) is 3. The number of benzene rings is 2. The van der Waals surface area contributed by atoms with Gasteiger partial charge in [-0.15, -0.1) is 5.10 Å². The minimum absolute atomic E-state index is 0.470. The molecule has 1 aromatic heterocycles. The van der Waals surface area contributed by atoms with E-state index in [2.05, 4.69) is 64.8 Å². The predicted octanol–water partition coefficient (Wildman–Crippen LogP) is 4.54. The van der Waals surface area contributed by atoms with Crippen LogP contribution < -0.4 is 10.6 Å². The fourth-order valence-corrected chi connectivity index (χ4v) is 2.45. The summed E-state index contributed by atoms with van der Waals surface area (Å²) >= 11 is 0. The van der Waals surface area contributed by atoms with E-state index in [0.717, 1.165) is 17.8 Å². The molecule has 24 heavy (non-hydrogen) atoms. The van der Waals surface area contributed by atoms with Gasteiger partial charge in [-0.25, -0.2) is 0 Å². The topological polar surface area (TPSA) is 62.7 Å². The highest BCUT2D eigenvalue weighted by Gasteiger charge is 2.05. The van der Waals surface area contributed by atoms with Gasteiger partial charge in [-0.3, -0.25) is 0 Å². The Balaban J connectivity index is 1.80. The fraction of sp³-hybridized carbons (Fsp3) is 0.211. The van der Waals surface area contributed by atoms with Crippen LogP contribution in [0.25, 0.3) is 0 Å². The lowest BCUT2D eigenvalue weighted by molar-refractivity contribution is 0.981. The molecule has 2 N–H and O–H groups in total. The van der Waals surface area contributed by atoms with Crippen molar-refractivity contribution in [1.82, 2.24) is 15.2 Å². The highest BCUT2D eigenvalue weighted by molar-refractivity contribution is 5.62. The van der Waals surface area contributed by atoms with Crippen LogP contribution in [0.3, 0.4) is 0 Å². The van der Waals surface area contributed by atoms with Gasteiger partial charge in [0.25, 0.3) is 0 Å². The van der Waals surface area contributed by atoms with Crippen LogP contribution in [0.15, 0.2) is 48.7 Å². The Morgan fingerprint density at radius 2 is 1.79 bits per heavy atom. The molecule has 0 aliphatic rings. The molecule has 0 bridgehead atoms. The first-order chi connectivity index (χ1) is 11.7. The molecule has 3 rings (SSSR count). The Labute approximate surface area is 142 Å². The second kappa shape index (κ2) is 7.08. The Morgan fingerprint density at radius 3 is 2.58 bits per heavy atom. The van der Waals surface area contributed by atoms with E-state index in [9.17, 15) is 0 Å². The molecule has 0 aliphatic carbocycles. The molecule has 1 heterocycles. The summed E-state index contributed by atoms with van der Waals surface area (Å²) in [6, 6.07) is 14.3. The largest absolute Gasteiger partial charge is 0.339 e. The number of anilines is 4. The number of nitrogens with one attached hydrogen (secondary N) is 2. The van der Waals surface area contributed by atoms with E-state index in [-0.39, 0.29) is 0 Å². The van der Waals surface area contributed by atoms with Crippen molar-refractivity contribution in [3.63, 3.8) is 0 Å². The van der Waals surface area contributed by atoms with Gasteiger partial charge in [0.2, 0.25) is 5.95 Å². The van der Waals surface area contributed by atoms with Gasteiger partial charge in [-0.2, -0.15) is 10.1 Å². The predicted molar refractivity (Wildman–Crippen MR) is 98.1 cm³/mol. The standard InChI is InChI=1S/C19H21N5/c1-4-15-7-5-6-8-17(15)22-18-12-20-24-19(23-18)21-16-10-9-13(2)14(3)11-16/h5-12H,4H2,1-3H3,(H2,21,22,23,24). The number of rotatable bonds is 5. The zero-order valence-electron chi connectivity index (χ0n) is 14.2. The monoisotopic (exact) mass is 319 g/mol. The maximum atomic E-state index is 4.49. The van der Waals surface area contributed by atoms with E-state index in [1.165, 1.54) is 16.7 Å². The van der Waals surface area contributed by atoms with E-state index in [1.54, 1.807) is 6.20 Å². The third-order valence-corrected chi connectivity index (χ3v) is 3.98. The lowest BCUT2D eigenvalue weighted by Gasteiger charge is -2.11. The molecular formula is C19H21N5. The van der Waals surface area contributed by atoms with Gasteiger partial charge >= 0.3 is 0 Å². The summed E-state index contributed by atoms with van der Waals surface area (Å²) in [4.78, 5) is 4.49. The van der Waals surface area contributed by atoms with E-state index in [4.69, 9.17) is 0 Å². The molecule has 0 saturated heterocycles. The number of aromatic nitrogens is 3. The minimum Gasteiger partial charge on any atom is -0.339 e. The van der Waals surface area contributed by atoms with E-state index < -0.39 is 0 Å². The molecule has 5 heteroatoms. The molecule has 0 spiro atoms. The number of para-hydroxylation sites is 1. The van der Waals surface area contributed by atoms with Gasteiger partial charge in [-0.1, -0.05) is 31.2 Å². The normalized spacial score (nSPS) is 10.5. The molecule has 0 aliphatic heterocycles. The average Bonchev–Trinajstić information content (AvgIpc) is 2.59. The van der Waals surface area contributed by atoms with Crippen LogP contribution in [0.1, 0.15) is 23.6 Å². The van der Waals surface area contributed by atoms with Crippen molar-refractivity contribution >= 4 is 23.1 Å². The summed E-state index contributed by atoms with van der Waals surface area (Å²) < 4.78 is 0. The number of hydrogen-bond donors (Lipinski definition) is 2. The third kappa shape index (κ3) is 3.68. The van der Waals surface area contributed by atoms with Crippen LogP contribution in [-0.2, 0) is 6.42 Å². The summed E-state index contributed by atoms with van der Waals surface area (Å²) in [5.41, 5.74) is 5.70. The second-order valence-electron chi connectivity index (χ2n) is 5.72. The average molecular weight is 319 g/mol. The van der Waals surface area contributed by atoms with Crippen LogP contribution in [0.2, 0.25) is 0 Å².